The Morgan fingerprint density at radius 3 is 2.51 bits per heavy atom. The molecule has 180 valence electrons. The monoisotopic (exact) mass is 515 g/mol. The molecule has 0 N–H and O–H groups in total. The summed E-state index contributed by atoms with van der Waals surface area (Å²) in [6.45, 7) is 0. The molecular formula is C27H21ClF3NO2S. The van der Waals surface area contributed by atoms with Crippen molar-refractivity contribution >= 4 is 34.3 Å². The Hall–Kier alpha value is -2.90. The molecule has 1 fully saturated rings. The van der Waals surface area contributed by atoms with Crippen LogP contribution in [-0.2, 0) is 5.75 Å². The zero-order chi connectivity index (χ0) is 24.7. The maximum absolute atomic E-state index is 13.1. The van der Waals surface area contributed by atoms with Gasteiger partial charge in [-0.05, 0) is 65.3 Å². The molecule has 2 atom stereocenters. The van der Waals surface area contributed by atoms with E-state index >= 15 is 0 Å². The van der Waals surface area contributed by atoms with Crippen LogP contribution in [0.2, 0.25) is 5.02 Å². The van der Waals surface area contributed by atoms with Crippen LogP contribution in [0.5, 0.6) is 5.75 Å². The van der Waals surface area contributed by atoms with E-state index in [1.165, 1.54) is 35.4 Å². The van der Waals surface area contributed by atoms with Crippen molar-refractivity contribution in [2.45, 2.75) is 29.2 Å². The van der Waals surface area contributed by atoms with Crippen LogP contribution in [0, 0.1) is 5.92 Å². The molecule has 0 amide bonds. The van der Waals surface area contributed by atoms with Crippen molar-refractivity contribution in [3.05, 3.63) is 99.3 Å². The van der Waals surface area contributed by atoms with E-state index in [-0.39, 0.29) is 17.0 Å². The molecule has 0 bridgehead atoms. The Kier molecular flexibility index (Phi) is 6.32. The fourth-order valence-corrected chi connectivity index (χ4v) is 5.58. The highest BCUT2D eigenvalue weighted by Gasteiger charge is 2.56. The zero-order valence-corrected chi connectivity index (χ0v) is 20.3. The van der Waals surface area contributed by atoms with Crippen molar-refractivity contribution in [2.75, 3.05) is 7.11 Å². The smallest absolute Gasteiger partial charge is 0.392 e. The lowest BCUT2D eigenvalue weighted by molar-refractivity contribution is -0.148. The van der Waals surface area contributed by atoms with Crippen molar-refractivity contribution in [3.8, 4) is 11.4 Å². The molecule has 0 radical (unpaired) electrons. The lowest BCUT2D eigenvalue weighted by atomic mass is 10.1. The standard InChI is InChI=1S/C27H21ClF3NO2S/c1-34-25-13-20(19-12-21(19)27(29,30)31)22(28)14-24(25)32-23-9-8-18(11-17(23)7-10-26(32)33)35-15-16-5-3-2-4-6-16/h2-11,13-14,19,21H,12,15H2,1H3. The molecule has 35 heavy (non-hydrogen) atoms. The first-order valence-corrected chi connectivity index (χ1v) is 12.4. The molecule has 8 heteroatoms. The molecule has 5 rings (SSSR count). The summed E-state index contributed by atoms with van der Waals surface area (Å²) in [5.74, 6) is -0.979. The summed E-state index contributed by atoms with van der Waals surface area (Å²) in [5.41, 5.74) is 2.37. The third-order valence-electron chi connectivity index (χ3n) is 6.26. The third-order valence-corrected chi connectivity index (χ3v) is 7.66. The number of halogens is 4. The van der Waals surface area contributed by atoms with Crippen LogP contribution in [0.4, 0.5) is 13.2 Å². The van der Waals surface area contributed by atoms with Gasteiger partial charge in [-0.15, -0.1) is 11.8 Å². The van der Waals surface area contributed by atoms with Gasteiger partial charge < -0.3 is 4.74 Å². The van der Waals surface area contributed by atoms with Gasteiger partial charge in [-0.25, -0.2) is 0 Å². The van der Waals surface area contributed by atoms with E-state index in [1.807, 2.05) is 36.4 Å². The van der Waals surface area contributed by atoms with Gasteiger partial charge in [-0.2, -0.15) is 13.2 Å². The first-order chi connectivity index (χ1) is 16.8. The number of hydrogen-bond donors (Lipinski definition) is 0. The molecule has 1 saturated carbocycles. The van der Waals surface area contributed by atoms with Gasteiger partial charge in [0.1, 0.15) is 5.75 Å². The van der Waals surface area contributed by atoms with Crippen LogP contribution in [0.25, 0.3) is 16.6 Å². The van der Waals surface area contributed by atoms with Crippen molar-refractivity contribution in [2.24, 2.45) is 5.92 Å². The minimum absolute atomic E-state index is 0.00334. The predicted octanol–water partition coefficient (Wildman–Crippen LogP) is 7.61. The molecule has 3 aromatic carbocycles. The number of benzene rings is 3. The Morgan fingerprint density at radius 1 is 1.06 bits per heavy atom. The Labute approximate surface area is 209 Å². The van der Waals surface area contributed by atoms with Gasteiger partial charge in [0.05, 0.1) is 24.2 Å². The van der Waals surface area contributed by atoms with Crippen molar-refractivity contribution < 1.29 is 17.9 Å². The van der Waals surface area contributed by atoms with Crippen LogP contribution in [0.15, 0.2) is 82.5 Å². The van der Waals surface area contributed by atoms with Gasteiger partial charge in [0.2, 0.25) is 0 Å². The number of rotatable bonds is 6. The van der Waals surface area contributed by atoms with Crippen molar-refractivity contribution in [1.82, 2.24) is 4.57 Å². The number of thioether (sulfide) groups is 1. The topological polar surface area (TPSA) is 31.2 Å². The first-order valence-electron chi connectivity index (χ1n) is 11.0. The van der Waals surface area contributed by atoms with Gasteiger partial charge in [-0.3, -0.25) is 9.36 Å². The van der Waals surface area contributed by atoms with E-state index in [0.717, 1.165) is 16.0 Å². The van der Waals surface area contributed by atoms with Gasteiger partial charge in [0.15, 0.2) is 0 Å². The van der Waals surface area contributed by atoms with Gasteiger partial charge in [0.25, 0.3) is 5.56 Å². The number of hydrogen-bond acceptors (Lipinski definition) is 3. The summed E-state index contributed by atoms with van der Waals surface area (Å²) in [4.78, 5) is 14.0. The fourth-order valence-electron chi connectivity index (χ4n) is 4.38. The van der Waals surface area contributed by atoms with E-state index in [1.54, 1.807) is 17.8 Å². The minimum atomic E-state index is -4.26. The number of methoxy groups -OCH3 is 1. The summed E-state index contributed by atoms with van der Waals surface area (Å²) in [7, 11) is 1.43. The second-order valence-corrected chi connectivity index (χ2v) is 9.99. The van der Waals surface area contributed by atoms with Crippen molar-refractivity contribution in [3.63, 3.8) is 0 Å². The number of fused-ring (bicyclic) bond motifs is 1. The normalized spacial score (nSPS) is 17.5. The summed E-state index contributed by atoms with van der Waals surface area (Å²) in [6, 6.07) is 22.3. The molecule has 1 heterocycles. The summed E-state index contributed by atoms with van der Waals surface area (Å²) in [5, 5.41) is 1.04. The van der Waals surface area contributed by atoms with E-state index < -0.39 is 18.0 Å². The maximum Gasteiger partial charge on any atom is 0.392 e. The number of nitrogens with zero attached hydrogens (tertiary/aromatic N) is 1. The third kappa shape index (κ3) is 4.80. The number of alkyl halides is 3. The number of aromatic nitrogens is 1. The van der Waals surface area contributed by atoms with Crippen LogP contribution in [0.3, 0.4) is 0 Å². The van der Waals surface area contributed by atoms with Crippen LogP contribution in [-0.4, -0.2) is 17.9 Å². The summed E-state index contributed by atoms with van der Waals surface area (Å²) < 4.78 is 46.4. The lowest BCUT2D eigenvalue weighted by Gasteiger charge is -2.17. The molecule has 1 aliphatic rings. The number of pyridine rings is 1. The molecule has 0 saturated heterocycles. The molecule has 3 nitrogen and oxygen atoms in total. The first kappa shape index (κ1) is 23.8. The van der Waals surface area contributed by atoms with Crippen LogP contribution >= 0.6 is 23.4 Å². The quantitative estimate of drug-likeness (QED) is 0.248. The van der Waals surface area contributed by atoms with Crippen LogP contribution in [0.1, 0.15) is 23.5 Å². The summed E-state index contributed by atoms with van der Waals surface area (Å²) >= 11 is 8.14. The van der Waals surface area contributed by atoms with E-state index in [4.69, 9.17) is 16.3 Å². The van der Waals surface area contributed by atoms with E-state index in [2.05, 4.69) is 12.1 Å². The molecule has 1 aromatic heterocycles. The highest BCUT2D eigenvalue weighted by atomic mass is 35.5. The zero-order valence-electron chi connectivity index (χ0n) is 18.7. The second kappa shape index (κ2) is 9.28. The highest BCUT2D eigenvalue weighted by molar-refractivity contribution is 7.98. The fraction of sp³-hybridized carbons (Fsp3) is 0.222. The van der Waals surface area contributed by atoms with Crippen molar-refractivity contribution in [1.29, 1.82) is 0 Å². The molecule has 2 unspecified atom stereocenters. The minimum Gasteiger partial charge on any atom is -0.495 e. The van der Waals surface area contributed by atoms with E-state index in [9.17, 15) is 18.0 Å². The number of ether oxygens (including phenoxy) is 1. The second-order valence-electron chi connectivity index (χ2n) is 8.54. The Morgan fingerprint density at radius 2 is 1.83 bits per heavy atom. The van der Waals surface area contributed by atoms with Gasteiger partial charge in [0, 0.05) is 21.7 Å². The maximum atomic E-state index is 13.1. The predicted molar refractivity (Wildman–Crippen MR) is 134 cm³/mol. The Balaban J connectivity index is 1.52. The van der Waals surface area contributed by atoms with Gasteiger partial charge >= 0.3 is 6.18 Å². The SMILES string of the molecule is COc1cc(C2CC2C(F)(F)F)c(Cl)cc1-n1c(=O)ccc2cc(SCc3ccccc3)ccc21. The molecule has 0 spiro atoms. The van der Waals surface area contributed by atoms with Gasteiger partial charge in [-0.1, -0.05) is 41.9 Å². The largest absolute Gasteiger partial charge is 0.495 e. The molecule has 0 aliphatic heterocycles. The molecular weight excluding hydrogens is 495 g/mol. The average molecular weight is 516 g/mol. The molecule has 1 aliphatic carbocycles. The van der Waals surface area contributed by atoms with E-state index in [0.29, 0.717) is 22.5 Å². The van der Waals surface area contributed by atoms with Crippen LogP contribution < -0.4 is 10.3 Å². The Bertz CT molecular complexity index is 1450. The average Bonchev–Trinajstić information content (AvgIpc) is 3.65. The summed E-state index contributed by atoms with van der Waals surface area (Å²) in [6.07, 6.45) is -4.26. The molecule has 4 aromatic rings. The highest BCUT2D eigenvalue weighted by Crippen LogP contribution is 2.58. The lowest BCUT2D eigenvalue weighted by Crippen LogP contribution is -2.18.